The van der Waals surface area contributed by atoms with Crippen LogP contribution >= 0.6 is 0 Å². The second-order valence-electron chi connectivity index (χ2n) is 9.57. The summed E-state index contributed by atoms with van der Waals surface area (Å²) in [7, 11) is 0. The van der Waals surface area contributed by atoms with Crippen molar-refractivity contribution in [2.24, 2.45) is 33.8 Å². The lowest BCUT2D eigenvalue weighted by Crippen LogP contribution is -2.58. The molecule has 4 amide bonds. The molecular weight excluding hydrogens is 508 g/mol. The molecule has 0 aromatic heterocycles. The monoisotopic (exact) mass is 548 g/mol. The summed E-state index contributed by atoms with van der Waals surface area (Å²) in [5.41, 5.74) is 22.7. The fourth-order valence-electron chi connectivity index (χ4n) is 3.66. The maximum Gasteiger partial charge on any atom is 0.326 e. The maximum atomic E-state index is 13.1. The summed E-state index contributed by atoms with van der Waals surface area (Å²) in [5, 5.41) is 16.8. The Hall–Kier alpha value is -4.20. The fraction of sp³-hybridized carbons (Fsp3) is 0.520. The highest BCUT2D eigenvalue weighted by molar-refractivity contribution is 5.96. The lowest BCUT2D eigenvalue weighted by molar-refractivity contribution is -0.143. The predicted molar refractivity (Wildman–Crippen MR) is 145 cm³/mol. The molecule has 0 aliphatic heterocycles. The minimum absolute atomic E-state index is 0.0310. The zero-order chi connectivity index (χ0) is 29.5. The second-order valence-corrected chi connectivity index (χ2v) is 9.57. The number of hydrogen-bond acceptors (Lipinski definition) is 7. The summed E-state index contributed by atoms with van der Waals surface area (Å²) < 4.78 is 0. The molecule has 1 aromatic carbocycles. The van der Waals surface area contributed by atoms with Gasteiger partial charge in [-0.05, 0) is 37.2 Å². The van der Waals surface area contributed by atoms with E-state index in [2.05, 4.69) is 20.9 Å². The number of aliphatic imine (C=N–C) groups is 1. The topological polar surface area (TPSA) is 258 Å². The number of carbonyl (C=O) groups excluding carboxylic acids is 4. The van der Waals surface area contributed by atoms with E-state index >= 15 is 0 Å². The van der Waals surface area contributed by atoms with Crippen molar-refractivity contribution in [1.29, 1.82) is 0 Å². The Bertz CT molecular complexity index is 1010. The molecule has 39 heavy (non-hydrogen) atoms. The Morgan fingerprint density at radius 3 is 1.97 bits per heavy atom. The highest BCUT2D eigenvalue weighted by Crippen LogP contribution is 2.08. The third-order valence-electron chi connectivity index (χ3n) is 5.57. The molecular formula is C25H40N8O6. The number of nitrogens with zero attached hydrogens (tertiary/aromatic N) is 1. The Kier molecular flexibility index (Phi) is 14.0. The highest BCUT2D eigenvalue weighted by atomic mass is 16.4. The minimum Gasteiger partial charge on any atom is -0.480 e. The third kappa shape index (κ3) is 13.2. The Balaban J connectivity index is 3.03. The van der Waals surface area contributed by atoms with E-state index in [1.807, 2.05) is 6.07 Å². The number of hydrogen-bond donors (Lipinski definition) is 8. The van der Waals surface area contributed by atoms with E-state index in [0.717, 1.165) is 5.56 Å². The van der Waals surface area contributed by atoms with Gasteiger partial charge in [0, 0.05) is 6.54 Å². The smallest absolute Gasteiger partial charge is 0.326 e. The molecule has 0 radical (unpaired) electrons. The van der Waals surface area contributed by atoms with Crippen molar-refractivity contribution in [3.63, 3.8) is 0 Å². The van der Waals surface area contributed by atoms with E-state index < -0.39 is 60.2 Å². The Morgan fingerprint density at radius 1 is 0.872 bits per heavy atom. The molecule has 0 aliphatic rings. The number of nitrogens with two attached hydrogens (primary N) is 4. The highest BCUT2D eigenvalue weighted by Gasteiger charge is 2.31. The molecule has 0 saturated heterocycles. The molecule has 4 unspecified atom stereocenters. The van der Waals surface area contributed by atoms with Crippen LogP contribution in [0.15, 0.2) is 35.3 Å². The Morgan fingerprint density at radius 2 is 1.44 bits per heavy atom. The fourth-order valence-corrected chi connectivity index (χ4v) is 3.66. The van der Waals surface area contributed by atoms with Crippen LogP contribution in [-0.2, 0) is 30.4 Å². The van der Waals surface area contributed by atoms with E-state index in [1.54, 1.807) is 38.1 Å². The zero-order valence-corrected chi connectivity index (χ0v) is 22.3. The number of carboxylic acids is 1. The maximum absolute atomic E-state index is 13.1. The summed E-state index contributed by atoms with van der Waals surface area (Å²) >= 11 is 0. The molecule has 0 saturated carbocycles. The molecule has 0 fully saturated rings. The van der Waals surface area contributed by atoms with Gasteiger partial charge >= 0.3 is 5.97 Å². The first-order valence-corrected chi connectivity index (χ1v) is 12.6. The van der Waals surface area contributed by atoms with E-state index in [4.69, 9.17) is 22.9 Å². The molecule has 1 aromatic rings. The van der Waals surface area contributed by atoms with Gasteiger partial charge in [-0.1, -0.05) is 44.2 Å². The van der Waals surface area contributed by atoms with Crippen LogP contribution in [0.4, 0.5) is 0 Å². The van der Waals surface area contributed by atoms with Gasteiger partial charge in [-0.3, -0.25) is 24.2 Å². The van der Waals surface area contributed by atoms with Crippen molar-refractivity contribution in [3.8, 4) is 0 Å². The van der Waals surface area contributed by atoms with Crippen LogP contribution in [-0.4, -0.2) is 71.4 Å². The number of nitrogens with one attached hydrogen (secondary N) is 3. The van der Waals surface area contributed by atoms with Crippen molar-refractivity contribution in [3.05, 3.63) is 35.9 Å². The molecule has 216 valence electrons. The molecule has 0 heterocycles. The first-order chi connectivity index (χ1) is 18.3. The van der Waals surface area contributed by atoms with Crippen LogP contribution in [0, 0.1) is 5.92 Å². The molecule has 14 heteroatoms. The minimum atomic E-state index is -1.42. The van der Waals surface area contributed by atoms with Crippen molar-refractivity contribution >= 4 is 35.6 Å². The van der Waals surface area contributed by atoms with E-state index in [9.17, 15) is 29.1 Å². The van der Waals surface area contributed by atoms with E-state index in [0.29, 0.717) is 0 Å². The van der Waals surface area contributed by atoms with E-state index in [-0.39, 0.29) is 44.1 Å². The van der Waals surface area contributed by atoms with Crippen LogP contribution < -0.4 is 38.9 Å². The zero-order valence-electron chi connectivity index (χ0n) is 22.3. The second kappa shape index (κ2) is 16.6. The van der Waals surface area contributed by atoms with Gasteiger partial charge in [0.25, 0.3) is 0 Å². The summed E-state index contributed by atoms with van der Waals surface area (Å²) in [6.07, 6.45) is 0.0818. The van der Waals surface area contributed by atoms with Crippen molar-refractivity contribution < 1.29 is 29.1 Å². The number of guanidine groups is 1. The normalized spacial score (nSPS) is 13.8. The van der Waals surface area contributed by atoms with Crippen LogP contribution in [0.1, 0.15) is 45.1 Å². The first-order valence-electron chi connectivity index (χ1n) is 12.6. The number of amides is 4. The van der Waals surface area contributed by atoms with Crippen LogP contribution in [0.5, 0.6) is 0 Å². The number of carboxylic acid groups (broad SMARTS) is 1. The molecule has 12 N–H and O–H groups in total. The van der Waals surface area contributed by atoms with Crippen molar-refractivity contribution in [2.45, 2.75) is 70.1 Å². The third-order valence-corrected chi connectivity index (χ3v) is 5.57. The van der Waals surface area contributed by atoms with Crippen LogP contribution in [0.25, 0.3) is 0 Å². The molecule has 4 atom stereocenters. The summed E-state index contributed by atoms with van der Waals surface area (Å²) in [4.78, 5) is 65.9. The van der Waals surface area contributed by atoms with Crippen molar-refractivity contribution in [2.75, 3.05) is 6.54 Å². The molecule has 1 rings (SSSR count). The average molecular weight is 549 g/mol. The summed E-state index contributed by atoms with van der Waals surface area (Å²) in [5.74, 6) is -4.61. The largest absolute Gasteiger partial charge is 0.480 e. The number of primary amides is 1. The summed E-state index contributed by atoms with van der Waals surface area (Å²) in [6.45, 7) is 3.75. The molecule has 0 bridgehead atoms. The number of carbonyl (C=O) groups is 5. The number of rotatable bonds is 17. The number of benzene rings is 1. The van der Waals surface area contributed by atoms with Gasteiger partial charge in [-0.15, -0.1) is 0 Å². The lowest BCUT2D eigenvalue weighted by atomic mass is 10.0. The van der Waals surface area contributed by atoms with Gasteiger partial charge in [0.2, 0.25) is 23.6 Å². The van der Waals surface area contributed by atoms with Gasteiger partial charge in [-0.2, -0.15) is 0 Å². The van der Waals surface area contributed by atoms with E-state index in [1.165, 1.54) is 0 Å². The standard InChI is InChI=1S/C25H40N8O6/c1-14(2)11-19(24(38)39)33-22(36)17(9-6-10-30-25(28)29)31-23(37)18(13-20(27)34)32-21(35)16(26)12-15-7-4-3-5-8-15/h3-5,7-8,14,16-19H,6,9-13,26H2,1-2H3,(H2,27,34)(H,31,37)(H,32,35)(H,33,36)(H,38,39)(H4,28,29,30). The van der Waals surface area contributed by atoms with Gasteiger partial charge in [0.05, 0.1) is 12.5 Å². The van der Waals surface area contributed by atoms with Crippen LogP contribution in [0.2, 0.25) is 0 Å². The van der Waals surface area contributed by atoms with Gasteiger partial charge in [0.1, 0.15) is 18.1 Å². The summed E-state index contributed by atoms with van der Waals surface area (Å²) in [6, 6.07) is 4.12. The Labute approximate surface area is 227 Å². The van der Waals surface area contributed by atoms with Gasteiger partial charge < -0.3 is 44.0 Å². The predicted octanol–water partition coefficient (Wildman–Crippen LogP) is -1.93. The molecule has 0 aliphatic carbocycles. The first kappa shape index (κ1) is 32.8. The average Bonchev–Trinajstić information content (AvgIpc) is 2.84. The van der Waals surface area contributed by atoms with Crippen LogP contribution in [0.3, 0.4) is 0 Å². The SMILES string of the molecule is CC(C)CC(NC(=O)C(CCCN=C(N)N)NC(=O)C(CC(N)=O)NC(=O)C(N)Cc1ccccc1)C(=O)O. The van der Waals surface area contributed by atoms with Gasteiger partial charge in [-0.25, -0.2) is 4.79 Å². The van der Waals surface area contributed by atoms with Crippen molar-refractivity contribution in [1.82, 2.24) is 16.0 Å². The lowest BCUT2D eigenvalue weighted by Gasteiger charge is -2.25. The quantitative estimate of drug-likeness (QED) is 0.0611. The van der Waals surface area contributed by atoms with Gasteiger partial charge in [0.15, 0.2) is 5.96 Å². The number of aliphatic carboxylic acids is 1. The molecule has 14 nitrogen and oxygen atoms in total. The molecule has 0 spiro atoms.